The van der Waals surface area contributed by atoms with Crippen LogP contribution in [0.2, 0.25) is 0 Å². The van der Waals surface area contributed by atoms with E-state index in [0.29, 0.717) is 17.9 Å². The van der Waals surface area contributed by atoms with Crippen molar-refractivity contribution in [3.63, 3.8) is 0 Å². The van der Waals surface area contributed by atoms with Gasteiger partial charge in [-0.25, -0.2) is 0 Å². The first-order valence-electron chi connectivity index (χ1n) is 7.06. The van der Waals surface area contributed by atoms with Gasteiger partial charge in [-0.15, -0.1) is 11.3 Å². The van der Waals surface area contributed by atoms with E-state index in [0.717, 1.165) is 23.9 Å². The minimum atomic E-state index is 0.427. The maximum absolute atomic E-state index is 5.95. The minimum absolute atomic E-state index is 0.427. The summed E-state index contributed by atoms with van der Waals surface area (Å²) in [5.74, 6) is 1.13. The molecule has 0 aliphatic heterocycles. The standard InChI is InChI=1S/C16H18BrN3S/c17-12-5-3-11(4-6-12)14-10-15(14)20-16(18)19-8-7-13-2-1-9-21-13/h1-6,9,14-15H,7-8,10H2,(H3,18,19,20). The van der Waals surface area contributed by atoms with Crippen LogP contribution in [-0.2, 0) is 6.42 Å². The number of benzene rings is 1. The topological polar surface area (TPSA) is 50.4 Å². The third-order valence-corrected chi connectivity index (χ3v) is 5.11. The molecule has 2 unspecified atom stereocenters. The second kappa shape index (κ2) is 6.62. The molecule has 1 saturated carbocycles. The molecule has 110 valence electrons. The number of guanidine groups is 1. The highest BCUT2D eigenvalue weighted by molar-refractivity contribution is 9.10. The van der Waals surface area contributed by atoms with Crippen LogP contribution >= 0.6 is 27.3 Å². The van der Waals surface area contributed by atoms with Gasteiger partial charge >= 0.3 is 0 Å². The fourth-order valence-electron chi connectivity index (χ4n) is 2.41. The fraction of sp³-hybridized carbons (Fsp3) is 0.312. The second-order valence-electron chi connectivity index (χ2n) is 5.24. The van der Waals surface area contributed by atoms with Crippen molar-refractivity contribution in [3.8, 4) is 0 Å². The lowest BCUT2D eigenvalue weighted by atomic mass is 10.1. The third-order valence-electron chi connectivity index (χ3n) is 3.64. The highest BCUT2D eigenvalue weighted by Crippen LogP contribution is 2.40. The zero-order chi connectivity index (χ0) is 14.7. The van der Waals surface area contributed by atoms with Crippen molar-refractivity contribution in [2.24, 2.45) is 10.7 Å². The SMILES string of the molecule is NC(=NCCc1cccs1)NC1CC1c1ccc(Br)cc1. The number of nitrogens with zero attached hydrogens (tertiary/aromatic N) is 1. The number of halogens is 1. The van der Waals surface area contributed by atoms with Gasteiger partial charge in [0.25, 0.3) is 0 Å². The van der Waals surface area contributed by atoms with Crippen LogP contribution in [0.4, 0.5) is 0 Å². The van der Waals surface area contributed by atoms with E-state index in [-0.39, 0.29) is 0 Å². The molecule has 3 nitrogen and oxygen atoms in total. The summed E-state index contributed by atoms with van der Waals surface area (Å²) < 4.78 is 1.12. The Morgan fingerprint density at radius 3 is 2.86 bits per heavy atom. The van der Waals surface area contributed by atoms with Crippen LogP contribution in [-0.4, -0.2) is 18.5 Å². The van der Waals surface area contributed by atoms with Gasteiger partial charge in [-0.2, -0.15) is 0 Å². The first-order chi connectivity index (χ1) is 10.2. The molecule has 1 heterocycles. The van der Waals surface area contributed by atoms with Gasteiger partial charge in [-0.05, 0) is 35.6 Å². The minimum Gasteiger partial charge on any atom is -0.370 e. The Morgan fingerprint density at radius 1 is 1.33 bits per heavy atom. The summed E-state index contributed by atoms with van der Waals surface area (Å²) in [5, 5.41) is 5.41. The van der Waals surface area contributed by atoms with Gasteiger partial charge in [0.05, 0.1) is 0 Å². The number of rotatable bonds is 5. The molecular formula is C16H18BrN3S. The van der Waals surface area contributed by atoms with E-state index in [1.165, 1.54) is 10.4 Å². The van der Waals surface area contributed by atoms with Gasteiger partial charge in [0.15, 0.2) is 5.96 Å². The van der Waals surface area contributed by atoms with Gasteiger partial charge in [0, 0.05) is 34.3 Å². The molecule has 21 heavy (non-hydrogen) atoms. The van der Waals surface area contributed by atoms with Crippen molar-refractivity contribution < 1.29 is 0 Å². The zero-order valence-corrected chi connectivity index (χ0v) is 14.0. The molecule has 0 radical (unpaired) electrons. The van der Waals surface area contributed by atoms with Crippen LogP contribution < -0.4 is 11.1 Å². The maximum Gasteiger partial charge on any atom is 0.188 e. The number of nitrogens with two attached hydrogens (primary N) is 1. The van der Waals surface area contributed by atoms with Gasteiger partial charge in [0.1, 0.15) is 0 Å². The normalized spacial score (nSPS) is 21.3. The Kier molecular flexibility index (Phi) is 4.60. The Morgan fingerprint density at radius 2 is 2.14 bits per heavy atom. The van der Waals surface area contributed by atoms with Crippen LogP contribution in [0.15, 0.2) is 51.2 Å². The highest BCUT2D eigenvalue weighted by Gasteiger charge is 2.38. The van der Waals surface area contributed by atoms with Crippen LogP contribution in [0.25, 0.3) is 0 Å². The monoisotopic (exact) mass is 363 g/mol. The Bertz CT molecular complexity index is 607. The summed E-state index contributed by atoms with van der Waals surface area (Å²) in [5.41, 5.74) is 7.32. The molecule has 0 spiro atoms. The van der Waals surface area contributed by atoms with Crippen molar-refractivity contribution in [3.05, 3.63) is 56.7 Å². The number of nitrogens with one attached hydrogen (secondary N) is 1. The lowest BCUT2D eigenvalue weighted by molar-refractivity contribution is 0.844. The smallest absolute Gasteiger partial charge is 0.188 e. The van der Waals surface area contributed by atoms with Gasteiger partial charge < -0.3 is 11.1 Å². The van der Waals surface area contributed by atoms with Gasteiger partial charge in [-0.1, -0.05) is 34.1 Å². The van der Waals surface area contributed by atoms with Crippen LogP contribution in [0.1, 0.15) is 22.8 Å². The fourth-order valence-corrected chi connectivity index (χ4v) is 3.37. The predicted octanol–water partition coefficient (Wildman–Crippen LogP) is 3.51. The first-order valence-corrected chi connectivity index (χ1v) is 8.74. The zero-order valence-electron chi connectivity index (χ0n) is 11.6. The number of hydrogen-bond acceptors (Lipinski definition) is 2. The average molecular weight is 364 g/mol. The van der Waals surface area contributed by atoms with Crippen molar-refractivity contribution in [1.29, 1.82) is 0 Å². The van der Waals surface area contributed by atoms with Crippen molar-refractivity contribution >= 4 is 33.2 Å². The Hall–Kier alpha value is -1.33. The van der Waals surface area contributed by atoms with Crippen LogP contribution in [0, 0.1) is 0 Å². The Labute approximate surface area is 137 Å². The molecule has 0 saturated heterocycles. The number of thiophene rings is 1. The van der Waals surface area contributed by atoms with E-state index in [4.69, 9.17) is 5.73 Å². The molecule has 3 rings (SSSR count). The molecule has 2 aromatic rings. The number of hydrogen-bond donors (Lipinski definition) is 2. The summed E-state index contributed by atoms with van der Waals surface area (Å²) in [6.07, 6.45) is 2.09. The quantitative estimate of drug-likeness (QED) is 0.630. The molecule has 1 fully saturated rings. The molecule has 1 aromatic carbocycles. The second-order valence-corrected chi connectivity index (χ2v) is 7.19. The molecule has 1 aromatic heterocycles. The Balaban J connectivity index is 1.45. The van der Waals surface area contributed by atoms with E-state index in [1.807, 2.05) is 0 Å². The van der Waals surface area contributed by atoms with Gasteiger partial charge in [0.2, 0.25) is 0 Å². The van der Waals surface area contributed by atoms with Crippen molar-refractivity contribution in [2.45, 2.75) is 24.8 Å². The average Bonchev–Trinajstić information content (AvgIpc) is 3.02. The van der Waals surface area contributed by atoms with Crippen molar-refractivity contribution in [2.75, 3.05) is 6.54 Å². The third kappa shape index (κ3) is 4.08. The van der Waals surface area contributed by atoms with E-state index >= 15 is 0 Å². The summed E-state index contributed by atoms with van der Waals surface area (Å²) >= 11 is 5.23. The maximum atomic E-state index is 5.95. The largest absolute Gasteiger partial charge is 0.370 e. The molecule has 5 heteroatoms. The lowest BCUT2D eigenvalue weighted by Crippen LogP contribution is -2.34. The molecule has 1 aliphatic carbocycles. The highest BCUT2D eigenvalue weighted by atomic mass is 79.9. The van der Waals surface area contributed by atoms with E-state index in [9.17, 15) is 0 Å². The van der Waals surface area contributed by atoms with Gasteiger partial charge in [-0.3, -0.25) is 4.99 Å². The number of aliphatic imine (C=N–C) groups is 1. The van der Waals surface area contributed by atoms with Crippen LogP contribution in [0.5, 0.6) is 0 Å². The van der Waals surface area contributed by atoms with Crippen molar-refractivity contribution in [1.82, 2.24) is 5.32 Å². The summed E-state index contributed by atoms with van der Waals surface area (Å²) in [4.78, 5) is 5.76. The molecule has 0 bridgehead atoms. The van der Waals surface area contributed by atoms with E-state index in [1.54, 1.807) is 11.3 Å². The summed E-state index contributed by atoms with van der Waals surface area (Å²) in [6, 6.07) is 13.1. The van der Waals surface area contributed by atoms with E-state index < -0.39 is 0 Å². The summed E-state index contributed by atoms with van der Waals surface area (Å²) in [6.45, 7) is 0.745. The van der Waals surface area contributed by atoms with Crippen LogP contribution in [0.3, 0.4) is 0 Å². The van der Waals surface area contributed by atoms with E-state index in [2.05, 4.69) is 68.0 Å². The molecule has 1 aliphatic rings. The molecular weight excluding hydrogens is 346 g/mol. The molecule has 2 atom stereocenters. The summed E-state index contributed by atoms with van der Waals surface area (Å²) in [7, 11) is 0. The predicted molar refractivity (Wildman–Crippen MR) is 92.9 cm³/mol. The molecule has 0 amide bonds. The lowest BCUT2D eigenvalue weighted by Gasteiger charge is -2.05. The first kappa shape index (κ1) is 14.6. The molecule has 3 N–H and O–H groups in total.